The van der Waals surface area contributed by atoms with Gasteiger partial charge in [-0.3, -0.25) is 14.5 Å². The lowest BCUT2D eigenvalue weighted by Gasteiger charge is -2.28. The first-order valence-electron chi connectivity index (χ1n) is 12.2. The quantitative estimate of drug-likeness (QED) is 0.261. The van der Waals surface area contributed by atoms with Gasteiger partial charge in [-0.15, -0.1) is 0 Å². The summed E-state index contributed by atoms with van der Waals surface area (Å²) in [4.78, 5) is 23.8. The van der Waals surface area contributed by atoms with E-state index in [-0.39, 0.29) is 39.5 Å². The summed E-state index contributed by atoms with van der Waals surface area (Å²) >= 11 is 6.43. The molecule has 1 saturated heterocycles. The fourth-order valence-corrected chi connectivity index (χ4v) is 6.93. The van der Waals surface area contributed by atoms with Crippen molar-refractivity contribution >= 4 is 74.3 Å². The maximum atomic E-state index is 13.5. The predicted octanol–water partition coefficient (Wildman–Crippen LogP) is 3.31. The molecule has 14 nitrogen and oxygen atoms in total. The number of pyridine rings is 1. The summed E-state index contributed by atoms with van der Waals surface area (Å²) in [6.45, 7) is 0.698. The molecule has 3 aromatic heterocycles. The van der Waals surface area contributed by atoms with Crippen LogP contribution in [0.4, 0.5) is 29.0 Å². The van der Waals surface area contributed by atoms with Crippen molar-refractivity contribution in [3.05, 3.63) is 47.9 Å². The van der Waals surface area contributed by atoms with E-state index >= 15 is 0 Å². The van der Waals surface area contributed by atoms with Crippen LogP contribution in [0, 0.1) is 0 Å². The summed E-state index contributed by atoms with van der Waals surface area (Å²) < 4.78 is 53.1. The first-order chi connectivity index (χ1) is 19.7. The Kier molecular flexibility index (Phi) is 8.25. The summed E-state index contributed by atoms with van der Waals surface area (Å²) in [6.07, 6.45) is 4.40. The minimum absolute atomic E-state index is 0.0705. The van der Waals surface area contributed by atoms with Crippen LogP contribution >= 0.6 is 19.2 Å². The fourth-order valence-electron chi connectivity index (χ4n) is 4.22. The van der Waals surface area contributed by atoms with Crippen molar-refractivity contribution in [3.8, 4) is 5.88 Å². The average molecular weight is 621 g/mol. The van der Waals surface area contributed by atoms with Gasteiger partial charge in [-0.1, -0.05) is 11.6 Å². The zero-order valence-electron chi connectivity index (χ0n) is 22.2. The largest absolute Gasteiger partial charge is 0.479 e. The van der Waals surface area contributed by atoms with E-state index in [1.54, 1.807) is 24.3 Å². The topological polar surface area (TPSA) is 171 Å². The third kappa shape index (κ3) is 6.04. The molecule has 0 saturated carbocycles. The number of nitrogens with one attached hydrogen (secondary N) is 2. The van der Waals surface area contributed by atoms with Crippen LogP contribution in [0.2, 0.25) is 5.02 Å². The van der Waals surface area contributed by atoms with Gasteiger partial charge in [0, 0.05) is 39.7 Å². The Morgan fingerprint density at radius 1 is 0.927 bits per heavy atom. The molecule has 1 aromatic carbocycles. The second-order valence-electron chi connectivity index (χ2n) is 8.75. The molecule has 0 unspecified atom stereocenters. The molecule has 41 heavy (non-hydrogen) atoms. The third-order valence-corrected chi connectivity index (χ3v) is 10.2. The first-order valence-corrected chi connectivity index (χ1v) is 15.9. The number of sulfone groups is 1. The lowest BCUT2D eigenvalue weighted by atomic mass is 10.2. The number of hydrogen-bond donors (Lipinski definition) is 2. The van der Waals surface area contributed by atoms with E-state index in [1.165, 1.54) is 39.9 Å². The number of fused-ring (bicyclic) bond motifs is 1. The molecule has 0 radical (unpaired) electrons. The van der Waals surface area contributed by atoms with Crippen LogP contribution in [0.3, 0.4) is 0 Å². The second-order valence-corrected chi connectivity index (χ2v) is 13.6. The summed E-state index contributed by atoms with van der Waals surface area (Å²) in [5, 5.41) is 6.52. The Morgan fingerprint density at radius 3 is 2.34 bits per heavy atom. The lowest BCUT2D eigenvalue weighted by molar-refractivity contribution is 0.287. The zero-order valence-corrected chi connectivity index (χ0v) is 24.7. The Bertz CT molecular complexity index is 1740. The van der Waals surface area contributed by atoms with Crippen molar-refractivity contribution in [3.63, 3.8) is 0 Å². The normalized spacial score (nSPS) is 15.1. The molecule has 1 aliphatic rings. The number of rotatable bonds is 9. The number of aromatic nitrogens is 5. The maximum absolute atomic E-state index is 13.5. The molecule has 17 heteroatoms. The van der Waals surface area contributed by atoms with Crippen molar-refractivity contribution in [1.82, 2.24) is 24.9 Å². The van der Waals surface area contributed by atoms with Crippen molar-refractivity contribution in [2.45, 2.75) is 0 Å². The fraction of sp³-hybridized carbons (Fsp3) is 0.292. The standard InChI is InChI=1S/C24H26ClN8O6PS/c1-37-23-18(6-7-19(31-23)33-10-12-41(35,36)13-11-33)30-24-28-14-15(25)22(32-24)29-17-5-4-16-20(27-9-8-26-16)21(17)40(34,38-2)39-3/h4-9,14H,10-13H2,1-3H3,(H2,28,29,30,32). The van der Waals surface area contributed by atoms with Gasteiger partial charge < -0.3 is 29.3 Å². The number of benzene rings is 1. The van der Waals surface area contributed by atoms with Gasteiger partial charge in [-0.2, -0.15) is 9.97 Å². The van der Waals surface area contributed by atoms with E-state index in [4.69, 9.17) is 25.4 Å². The Balaban J connectivity index is 1.45. The third-order valence-electron chi connectivity index (χ3n) is 6.32. The molecule has 2 N–H and O–H groups in total. The molecule has 0 amide bonds. The molecular formula is C24H26ClN8O6PS. The van der Waals surface area contributed by atoms with Gasteiger partial charge in [0.05, 0.1) is 36.0 Å². The average Bonchev–Trinajstić information content (AvgIpc) is 2.98. The molecule has 1 aliphatic heterocycles. The summed E-state index contributed by atoms with van der Waals surface area (Å²) in [5.41, 5.74) is 1.63. The Labute approximate surface area is 240 Å². The molecule has 0 spiro atoms. The molecule has 4 heterocycles. The van der Waals surface area contributed by atoms with E-state index in [0.717, 1.165) is 0 Å². The number of ether oxygens (including phenoxy) is 1. The SMILES string of the molecule is COc1nc(N2CCS(=O)(=O)CC2)ccc1Nc1ncc(Cl)c(Nc2ccc3nccnc3c2P(=O)(OC)OC)n1. The van der Waals surface area contributed by atoms with E-state index in [9.17, 15) is 13.0 Å². The van der Waals surface area contributed by atoms with Gasteiger partial charge in [-0.25, -0.2) is 13.4 Å². The number of halogens is 1. The summed E-state index contributed by atoms with van der Waals surface area (Å²) in [6, 6.07) is 6.85. The van der Waals surface area contributed by atoms with Gasteiger partial charge in [0.2, 0.25) is 11.8 Å². The molecular weight excluding hydrogens is 595 g/mol. The van der Waals surface area contributed by atoms with E-state index in [0.29, 0.717) is 41.3 Å². The highest BCUT2D eigenvalue weighted by atomic mass is 35.5. The molecule has 0 aliphatic carbocycles. The highest BCUT2D eigenvalue weighted by molar-refractivity contribution is 7.91. The van der Waals surface area contributed by atoms with Crippen molar-refractivity contribution in [2.75, 3.05) is 61.5 Å². The molecule has 1 fully saturated rings. The van der Waals surface area contributed by atoms with Crippen LogP contribution in [0.15, 0.2) is 42.9 Å². The first kappa shape index (κ1) is 28.9. The molecule has 4 aromatic rings. The van der Waals surface area contributed by atoms with E-state index in [2.05, 4.69) is 35.6 Å². The Morgan fingerprint density at radius 2 is 1.63 bits per heavy atom. The summed E-state index contributed by atoms with van der Waals surface area (Å²) in [7, 11) is -2.79. The molecule has 216 valence electrons. The van der Waals surface area contributed by atoms with Crippen molar-refractivity contribution in [1.29, 1.82) is 0 Å². The Hall–Kier alpha value is -3.62. The van der Waals surface area contributed by atoms with Gasteiger partial charge in [0.15, 0.2) is 15.7 Å². The second kappa shape index (κ2) is 11.7. The van der Waals surface area contributed by atoms with Crippen molar-refractivity contribution < 1.29 is 26.8 Å². The van der Waals surface area contributed by atoms with Gasteiger partial charge >= 0.3 is 7.60 Å². The minimum atomic E-state index is -3.80. The van der Waals surface area contributed by atoms with Gasteiger partial charge in [0.1, 0.15) is 27.3 Å². The number of methoxy groups -OCH3 is 1. The monoisotopic (exact) mass is 620 g/mol. The van der Waals surface area contributed by atoms with Crippen LogP contribution < -0.4 is 25.6 Å². The van der Waals surface area contributed by atoms with Crippen LogP contribution in [0.1, 0.15) is 0 Å². The smallest absolute Gasteiger partial charge is 0.365 e. The zero-order chi connectivity index (χ0) is 29.2. The highest BCUT2D eigenvalue weighted by Gasteiger charge is 2.32. The van der Waals surface area contributed by atoms with Crippen LogP contribution in [-0.2, 0) is 23.4 Å². The van der Waals surface area contributed by atoms with Gasteiger partial charge in [-0.05, 0) is 24.3 Å². The highest BCUT2D eigenvalue weighted by Crippen LogP contribution is 2.49. The van der Waals surface area contributed by atoms with Crippen LogP contribution in [0.25, 0.3) is 11.0 Å². The van der Waals surface area contributed by atoms with E-state index in [1.807, 2.05) is 4.90 Å². The predicted molar refractivity (Wildman–Crippen MR) is 156 cm³/mol. The molecule has 0 atom stereocenters. The molecule has 0 bridgehead atoms. The summed E-state index contributed by atoms with van der Waals surface area (Å²) in [5.74, 6) is 1.36. The minimum Gasteiger partial charge on any atom is -0.479 e. The van der Waals surface area contributed by atoms with Gasteiger partial charge in [0.25, 0.3) is 0 Å². The lowest BCUT2D eigenvalue weighted by Crippen LogP contribution is -2.40. The number of anilines is 5. The van der Waals surface area contributed by atoms with Crippen LogP contribution in [0.5, 0.6) is 5.88 Å². The number of nitrogens with zero attached hydrogens (tertiary/aromatic N) is 6. The molecule has 5 rings (SSSR count). The van der Waals surface area contributed by atoms with E-state index < -0.39 is 17.4 Å². The van der Waals surface area contributed by atoms with Crippen molar-refractivity contribution in [2.24, 2.45) is 0 Å². The van der Waals surface area contributed by atoms with Crippen LogP contribution in [-0.4, -0.2) is 79.3 Å². The number of hydrogen-bond acceptors (Lipinski definition) is 14. The maximum Gasteiger partial charge on any atom is 0.365 e.